The van der Waals surface area contributed by atoms with E-state index in [0.29, 0.717) is 44.7 Å². The van der Waals surface area contributed by atoms with E-state index < -0.39 is 0 Å². The first-order valence-corrected chi connectivity index (χ1v) is 7.40. The Bertz CT molecular complexity index is 292. The Balaban J connectivity index is 1.73. The van der Waals surface area contributed by atoms with Crippen LogP contribution in [0.2, 0.25) is 0 Å². The summed E-state index contributed by atoms with van der Waals surface area (Å²) in [5.41, 5.74) is 5.76. The van der Waals surface area contributed by atoms with E-state index in [4.69, 9.17) is 15.2 Å². The summed E-state index contributed by atoms with van der Waals surface area (Å²) in [4.78, 5) is 14.0. The molecule has 19 heavy (non-hydrogen) atoms. The molecular weight excluding hydrogens is 244 g/mol. The van der Waals surface area contributed by atoms with Gasteiger partial charge in [-0.3, -0.25) is 4.79 Å². The third-order valence-electron chi connectivity index (χ3n) is 4.35. The van der Waals surface area contributed by atoms with Crippen LogP contribution in [-0.4, -0.2) is 56.4 Å². The standard InChI is InChI=1S/C14H26N2O3/c1-11(14(17)16-5-7-18-8-6-16)19-10-13-4-2-3-12(13)9-15/h11-13H,2-10,15H2,1H3. The topological polar surface area (TPSA) is 64.8 Å². The molecule has 2 fully saturated rings. The molecule has 0 radical (unpaired) electrons. The molecule has 1 aliphatic carbocycles. The molecule has 1 amide bonds. The van der Waals surface area contributed by atoms with Crippen molar-refractivity contribution in [1.29, 1.82) is 0 Å². The molecule has 1 heterocycles. The van der Waals surface area contributed by atoms with Crippen LogP contribution < -0.4 is 5.73 Å². The lowest BCUT2D eigenvalue weighted by Crippen LogP contribution is -2.45. The number of hydrogen-bond acceptors (Lipinski definition) is 4. The van der Waals surface area contributed by atoms with Gasteiger partial charge in [-0.1, -0.05) is 6.42 Å². The zero-order valence-electron chi connectivity index (χ0n) is 11.8. The first-order valence-electron chi connectivity index (χ1n) is 7.40. The van der Waals surface area contributed by atoms with E-state index >= 15 is 0 Å². The summed E-state index contributed by atoms with van der Waals surface area (Å²) in [7, 11) is 0. The van der Waals surface area contributed by atoms with Crippen LogP contribution in [0.5, 0.6) is 0 Å². The first-order chi connectivity index (χ1) is 9.22. The molecule has 0 aromatic carbocycles. The van der Waals surface area contributed by atoms with Gasteiger partial charge in [-0.05, 0) is 38.1 Å². The maximum atomic E-state index is 12.2. The van der Waals surface area contributed by atoms with Gasteiger partial charge in [-0.2, -0.15) is 0 Å². The summed E-state index contributed by atoms with van der Waals surface area (Å²) in [5, 5.41) is 0. The summed E-state index contributed by atoms with van der Waals surface area (Å²) in [5.74, 6) is 1.20. The predicted octanol–water partition coefficient (Wildman–Crippen LogP) is 0.625. The Morgan fingerprint density at radius 1 is 1.37 bits per heavy atom. The zero-order chi connectivity index (χ0) is 13.7. The van der Waals surface area contributed by atoms with Crippen LogP contribution in [0.4, 0.5) is 0 Å². The molecule has 1 aliphatic heterocycles. The fourth-order valence-electron chi connectivity index (χ4n) is 3.02. The number of nitrogens with two attached hydrogens (primary N) is 1. The van der Waals surface area contributed by atoms with Gasteiger partial charge < -0.3 is 20.1 Å². The van der Waals surface area contributed by atoms with E-state index in [1.165, 1.54) is 19.3 Å². The molecule has 2 N–H and O–H groups in total. The van der Waals surface area contributed by atoms with Gasteiger partial charge >= 0.3 is 0 Å². The highest BCUT2D eigenvalue weighted by molar-refractivity contribution is 5.80. The molecule has 3 unspecified atom stereocenters. The molecule has 2 aliphatic rings. The summed E-state index contributed by atoms with van der Waals surface area (Å²) in [6.45, 7) is 5.89. The van der Waals surface area contributed by atoms with Crippen LogP contribution in [0.1, 0.15) is 26.2 Å². The van der Waals surface area contributed by atoms with E-state index in [1.807, 2.05) is 11.8 Å². The van der Waals surface area contributed by atoms with Gasteiger partial charge in [-0.15, -0.1) is 0 Å². The molecule has 0 bridgehead atoms. The second-order valence-corrected chi connectivity index (χ2v) is 5.60. The van der Waals surface area contributed by atoms with Gasteiger partial charge in [0.1, 0.15) is 6.10 Å². The average molecular weight is 270 g/mol. The minimum absolute atomic E-state index is 0.0885. The van der Waals surface area contributed by atoms with Crippen LogP contribution in [-0.2, 0) is 14.3 Å². The second-order valence-electron chi connectivity index (χ2n) is 5.60. The van der Waals surface area contributed by atoms with Crippen molar-refractivity contribution in [3.8, 4) is 0 Å². The molecule has 110 valence electrons. The monoisotopic (exact) mass is 270 g/mol. The van der Waals surface area contributed by atoms with E-state index in [-0.39, 0.29) is 12.0 Å². The summed E-state index contributed by atoms with van der Waals surface area (Å²) in [6.07, 6.45) is 3.27. The summed E-state index contributed by atoms with van der Waals surface area (Å²) < 4.78 is 11.0. The first kappa shape index (κ1) is 14.8. The van der Waals surface area contributed by atoms with Gasteiger partial charge in [0.05, 0.1) is 19.8 Å². The third-order valence-corrected chi connectivity index (χ3v) is 4.35. The fourth-order valence-corrected chi connectivity index (χ4v) is 3.02. The highest BCUT2D eigenvalue weighted by atomic mass is 16.5. The smallest absolute Gasteiger partial charge is 0.251 e. The summed E-state index contributed by atoms with van der Waals surface area (Å²) >= 11 is 0. The molecule has 0 spiro atoms. The Hall–Kier alpha value is -0.650. The minimum atomic E-state index is -0.350. The van der Waals surface area contributed by atoms with Gasteiger partial charge in [0.25, 0.3) is 5.91 Å². The van der Waals surface area contributed by atoms with E-state index in [1.54, 1.807) is 0 Å². The highest BCUT2D eigenvalue weighted by Gasteiger charge is 2.28. The molecular formula is C14H26N2O3. The number of morpholine rings is 1. The van der Waals surface area contributed by atoms with Crippen LogP contribution in [0, 0.1) is 11.8 Å². The number of hydrogen-bond donors (Lipinski definition) is 1. The van der Waals surface area contributed by atoms with Crippen molar-refractivity contribution in [3.63, 3.8) is 0 Å². The quantitative estimate of drug-likeness (QED) is 0.795. The summed E-state index contributed by atoms with van der Waals surface area (Å²) in [6, 6.07) is 0. The Morgan fingerprint density at radius 2 is 2.05 bits per heavy atom. The third kappa shape index (κ3) is 3.91. The van der Waals surface area contributed by atoms with Crippen LogP contribution in [0.25, 0.3) is 0 Å². The van der Waals surface area contributed by atoms with Gasteiger partial charge in [0.2, 0.25) is 0 Å². The molecule has 3 atom stereocenters. The van der Waals surface area contributed by atoms with E-state index in [0.717, 1.165) is 6.54 Å². The molecule has 5 nitrogen and oxygen atoms in total. The Morgan fingerprint density at radius 3 is 2.74 bits per heavy atom. The number of carbonyl (C=O) groups excluding carboxylic acids is 1. The number of amides is 1. The van der Waals surface area contributed by atoms with Gasteiger partial charge in [0.15, 0.2) is 0 Å². The SMILES string of the molecule is CC(OCC1CCCC1CN)C(=O)N1CCOCC1. The van der Waals surface area contributed by atoms with E-state index in [9.17, 15) is 4.79 Å². The van der Waals surface area contributed by atoms with Gasteiger partial charge in [-0.25, -0.2) is 0 Å². The second kappa shape index (κ2) is 7.22. The number of carbonyl (C=O) groups is 1. The Kier molecular flexibility index (Phi) is 5.60. The van der Waals surface area contributed by atoms with Crippen LogP contribution >= 0.6 is 0 Å². The zero-order valence-corrected chi connectivity index (χ0v) is 11.8. The van der Waals surface area contributed by atoms with Gasteiger partial charge in [0, 0.05) is 13.1 Å². The van der Waals surface area contributed by atoms with E-state index in [2.05, 4.69) is 0 Å². The highest BCUT2D eigenvalue weighted by Crippen LogP contribution is 2.31. The lowest BCUT2D eigenvalue weighted by Gasteiger charge is -2.29. The fraction of sp³-hybridized carbons (Fsp3) is 0.929. The van der Waals surface area contributed by atoms with Crippen molar-refractivity contribution >= 4 is 5.91 Å². The lowest BCUT2D eigenvalue weighted by atomic mass is 9.97. The largest absolute Gasteiger partial charge is 0.378 e. The Labute approximate surface area is 115 Å². The number of ether oxygens (including phenoxy) is 2. The molecule has 1 saturated carbocycles. The molecule has 1 saturated heterocycles. The minimum Gasteiger partial charge on any atom is -0.378 e. The lowest BCUT2D eigenvalue weighted by molar-refractivity contribution is -0.147. The van der Waals surface area contributed by atoms with Crippen molar-refractivity contribution in [2.24, 2.45) is 17.6 Å². The normalized spacial score (nSPS) is 29.5. The predicted molar refractivity (Wildman–Crippen MR) is 72.7 cm³/mol. The van der Waals surface area contributed by atoms with Crippen molar-refractivity contribution in [2.45, 2.75) is 32.3 Å². The van der Waals surface area contributed by atoms with Crippen molar-refractivity contribution in [1.82, 2.24) is 4.90 Å². The molecule has 0 aromatic heterocycles. The molecule has 2 rings (SSSR count). The average Bonchev–Trinajstić information content (AvgIpc) is 2.92. The molecule has 0 aromatic rings. The maximum Gasteiger partial charge on any atom is 0.251 e. The number of nitrogens with zero attached hydrogens (tertiary/aromatic N) is 1. The molecule has 5 heteroatoms. The van der Waals surface area contributed by atoms with Crippen LogP contribution in [0.3, 0.4) is 0 Å². The van der Waals surface area contributed by atoms with Crippen LogP contribution in [0.15, 0.2) is 0 Å². The maximum absolute atomic E-state index is 12.2. The van der Waals surface area contributed by atoms with Crippen molar-refractivity contribution in [2.75, 3.05) is 39.5 Å². The van der Waals surface area contributed by atoms with Crippen molar-refractivity contribution < 1.29 is 14.3 Å². The number of rotatable bonds is 5. The van der Waals surface area contributed by atoms with Crippen molar-refractivity contribution in [3.05, 3.63) is 0 Å².